The normalized spacial score (nSPS) is 16.7. The van der Waals surface area contributed by atoms with Crippen molar-refractivity contribution in [1.82, 2.24) is 19.8 Å². The molecule has 2 amide bonds. The summed E-state index contributed by atoms with van der Waals surface area (Å²) < 4.78 is 1.39. The summed E-state index contributed by atoms with van der Waals surface area (Å²) in [6, 6.07) is 13.0. The van der Waals surface area contributed by atoms with Crippen molar-refractivity contribution in [2.75, 3.05) is 13.1 Å². The lowest BCUT2D eigenvalue weighted by atomic mass is 9.97. The number of primary amides is 1. The van der Waals surface area contributed by atoms with E-state index in [2.05, 4.69) is 21.3 Å². The fraction of sp³-hybridized carbons (Fsp3) is 0.333. The highest BCUT2D eigenvalue weighted by molar-refractivity contribution is 5.97. The zero-order chi connectivity index (χ0) is 22.7. The summed E-state index contributed by atoms with van der Waals surface area (Å²) in [5.74, 6) is -0.558. The summed E-state index contributed by atoms with van der Waals surface area (Å²) in [6.07, 6.45) is 3.29. The van der Waals surface area contributed by atoms with E-state index in [9.17, 15) is 14.4 Å². The number of aryl methyl sites for hydroxylation is 1. The second-order valence-corrected chi connectivity index (χ2v) is 8.37. The van der Waals surface area contributed by atoms with Crippen LogP contribution in [0, 0.1) is 5.92 Å². The number of piperidine rings is 1. The van der Waals surface area contributed by atoms with E-state index in [0.29, 0.717) is 29.6 Å². The molecule has 0 bridgehead atoms. The number of carbonyl (C=O) groups is 2. The van der Waals surface area contributed by atoms with Crippen molar-refractivity contribution < 1.29 is 9.59 Å². The highest BCUT2D eigenvalue weighted by Gasteiger charge is 2.23. The summed E-state index contributed by atoms with van der Waals surface area (Å²) in [7, 11) is 1.63. The molecule has 0 radical (unpaired) electrons. The summed E-state index contributed by atoms with van der Waals surface area (Å²) in [5, 5.41) is 3.34. The van der Waals surface area contributed by atoms with Crippen LogP contribution in [-0.2, 0) is 24.9 Å². The molecule has 32 heavy (non-hydrogen) atoms. The first-order valence-electron chi connectivity index (χ1n) is 10.7. The van der Waals surface area contributed by atoms with Crippen LogP contribution in [0.3, 0.4) is 0 Å². The number of hydrogen-bond acceptors (Lipinski definition) is 5. The fourth-order valence-electron chi connectivity index (χ4n) is 4.16. The molecule has 1 aromatic heterocycles. The van der Waals surface area contributed by atoms with Gasteiger partial charge in [-0.05, 0) is 48.7 Å². The Balaban J connectivity index is 1.40. The second-order valence-electron chi connectivity index (χ2n) is 8.37. The molecule has 166 valence electrons. The molecule has 1 unspecified atom stereocenters. The molecule has 3 N–H and O–H groups in total. The van der Waals surface area contributed by atoms with Gasteiger partial charge in [0.2, 0.25) is 5.91 Å². The van der Waals surface area contributed by atoms with Gasteiger partial charge in [-0.1, -0.05) is 24.3 Å². The van der Waals surface area contributed by atoms with Crippen molar-refractivity contribution in [2.45, 2.75) is 25.9 Å². The quantitative estimate of drug-likeness (QED) is 0.613. The molecule has 1 atom stereocenters. The average Bonchev–Trinajstić information content (AvgIpc) is 2.80. The van der Waals surface area contributed by atoms with E-state index in [4.69, 9.17) is 5.73 Å². The van der Waals surface area contributed by atoms with Crippen LogP contribution in [0.5, 0.6) is 0 Å². The summed E-state index contributed by atoms with van der Waals surface area (Å²) in [5.41, 5.74) is 8.39. The zero-order valence-electron chi connectivity index (χ0n) is 18.1. The number of likely N-dealkylation sites (tertiary alicyclic amines) is 1. The van der Waals surface area contributed by atoms with Crippen LogP contribution in [0.4, 0.5) is 0 Å². The second kappa shape index (κ2) is 9.32. The van der Waals surface area contributed by atoms with Crippen molar-refractivity contribution >= 4 is 22.7 Å². The molecule has 8 nitrogen and oxygen atoms in total. The number of amides is 2. The monoisotopic (exact) mass is 433 g/mol. The van der Waals surface area contributed by atoms with Crippen LogP contribution >= 0.6 is 0 Å². The van der Waals surface area contributed by atoms with Crippen LogP contribution in [0.1, 0.15) is 34.3 Å². The van der Waals surface area contributed by atoms with Crippen molar-refractivity contribution in [3.63, 3.8) is 0 Å². The van der Waals surface area contributed by atoms with Crippen LogP contribution in [-0.4, -0.2) is 39.4 Å². The molecule has 1 saturated heterocycles. The largest absolute Gasteiger partial charge is 0.369 e. The summed E-state index contributed by atoms with van der Waals surface area (Å²) in [4.78, 5) is 42.9. The topological polar surface area (TPSA) is 110 Å². The Labute approximate surface area is 186 Å². The number of fused-ring (bicyclic) bond motifs is 1. The van der Waals surface area contributed by atoms with Gasteiger partial charge in [-0.25, -0.2) is 4.98 Å². The first-order valence-corrected chi connectivity index (χ1v) is 10.7. The SMILES string of the molecule is Cn1cnc2ccc(C(=O)NCc3cccc(CN4CCCC(C(N)=O)C4)c3)cc2c1=O. The number of benzene rings is 2. The number of rotatable bonds is 6. The van der Waals surface area contributed by atoms with Gasteiger partial charge in [0.1, 0.15) is 0 Å². The maximum absolute atomic E-state index is 12.7. The van der Waals surface area contributed by atoms with Gasteiger partial charge in [0.15, 0.2) is 0 Å². The molecule has 2 heterocycles. The maximum Gasteiger partial charge on any atom is 0.260 e. The van der Waals surface area contributed by atoms with Gasteiger partial charge >= 0.3 is 0 Å². The smallest absolute Gasteiger partial charge is 0.260 e. The molecule has 2 aromatic carbocycles. The maximum atomic E-state index is 12.7. The molecular formula is C24H27N5O3. The van der Waals surface area contributed by atoms with E-state index >= 15 is 0 Å². The number of carbonyl (C=O) groups excluding carboxylic acids is 2. The Hall–Kier alpha value is -3.52. The predicted octanol–water partition coefficient (Wildman–Crippen LogP) is 1.56. The fourth-order valence-corrected chi connectivity index (χ4v) is 4.16. The molecule has 1 aliphatic heterocycles. The van der Waals surface area contributed by atoms with Gasteiger partial charge in [-0.15, -0.1) is 0 Å². The molecule has 1 aliphatic rings. The minimum absolute atomic E-state index is 0.0831. The third-order valence-corrected chi connectivity index (χ3v) is 5.94. The van der Waals surface area contributed by atoms with Gasteiger partial charge in [-0.2, -0.15) is 0 Å². The number of nitrogens with one attached hydrogen (secondary N) is 1. The first kappa shape index (κ1) is 21.7. The Kier molecular flexibility index (Phi) is 6.32. The number of aromatic nitrogens is 2. The number of nitrogens with two attached hydrogens (primary N) is 1. The molecule has 1 fully saturated rings. The standard InChI is InChI=1S/C24H27N5O3/c1-28-15-27-21-8-7-18(11-20(21)24(28)32)23(31)26-12-16-4-2-5-17(10-16)13-29-9-3-6-19(14-29)22(25)30/h2,4-5,7-8,10-11,15,19H,3,6,9,12-14H2,1H3,(H2,25,30)(H,26,31). The minimum Gasteiger partial charge on any atom is -0.369 e. The molecule has 0 spiro atoms. The van der Waals surface area contributed by atoms with Crippen LogP contribution in [0.15, 0.2) is 53.6 Å². The van der Waals surface area contributed by atoms with Crippen LogP contribution in [0.2, 0.25) is 0 Å². The van der Waals surface area contributed by atoms with E-state index in [1.165, 1.54) is 10.9 Å². The van der Waals surface area contributed by atoms with Gasteiger partial charge in [0.25, 0.3) is 11.5 Å². The lowest BCUT2D eigenvalue weighted by Crippen LogP contribution is -2.40. The predicted molar refractivity (Wildman–Crippen MR) is 122 cm³/mol. The summed E-state index contributed by atoms with van der Waals surface area (Å²) >= 11 is 0. The third kappa shape index (κ3) is 4.86. The lowest BCUT2D eigenvalue weighted by Gasteiger charge is -2.31. The molecule has 3 aromatic rings. The first-order chi connectivity index (χ1) is 15.4. The van der Waals surface area contributed by atoms with Gasteiger partial charge in [-0.3, -0.25) is 19.3 Å². The molecule has 4 rings (SSSR count). The highest BCUT2D eigenvalue weighted by atomic mass is 16.2. The number of hydrogen-bond donors (Lipinski definition) is 2. The Morgan fingerprint density at radius 3 is 2.81 bits per heavy atom. The molecule has 0 saturated carbocycles. The zero-order valence-corrected chi connectivity index (χ0v) is 18.1. The Bertz CT molecular complexity index is 1220. The van der Waals surface area contributed by atoms with E-state index in [-0.39, 0.29) is 23.3 Å². The van der Waals surface area contributed by atoms with Crippen LogP contribution < -0.4 is 16.6 Å². The Morgan fingerprint density at radius 2 is 2.00 bits per heavy atom. The highest BCUT2D eigenvalue weighted by Crippen LogP contribution is 2.19. The van der Waals surface area contributed by atoms with Crippen LogP contribution in [0.25, 0.3) is 10.9 Å². The van der Waals surface area contributed by atoms with Gasteiger partial charge in [0.05, 0.1) is 23.1 Å². The lowest BCUT2D eigenvalue weighted by molar-refractivity contribution is -0.123. The molecular weight excluding hydrogens is 406 g/mol. The molecule has 0 aliphatic carbocycles. The van der Waals surface area contributed by atoms with Crippen molar-refractivity contribution in [3.05, 3.63) is 75.8 Å². The van der Waals surface area contributed by atoms with E-state index in [1.807, 2.05) is 18.2 Å². The van der Waals surface area contributed by atoms with Crippen molar-refractivity contribution in [3.8, 4) is 0 Å². The Morgan fingerprint density at radius 1 is 1.19 bits per heavy atom. The third-order valence-electron chi connectivity index (χ3n) is 5.94. The van der Waals surface area contributed by atoms with E-state index in [1.54, 1.807) is 25.2 Å². The summed E-state index contributed by atoms with van der Waals surface area (Å²) in [6.45, 7) is 2.75. The van der Waals surface area contributed by atoms with Crippen molar-refractivity contribution in [2.24, 2.45) is 18.7 Å². The van der Waals surface area contributed by atoms with Gasteiger partial charge < -0.3 is 15.6 Å². The van der Waals surface area contributed by atoms with Gasteiger partial charge in [0, 0.05) is 32.2 Å². The molecule has 8 heteroatoms. The minimum atomic E-state index is -0.247. The van der Waals surface area contributed by atoms with E-state index in [0.717, 1.165) is 37.1 Å². The van der Waals surface area contributed by atoms with E-state index < -0.39 is 0 Å². The average molecular weight is 434 g/mol. The number of nitrogens with zero attached hydrogens (tertiary/aromatic N) is 3. The van der Waals surface area contributed by atoms with Crippen molar-refractivity contribution in [1.29, 1.82) is 0 Å².